The van der Waals surface area contributed by atoms with Crippen LogP contribution in [0.3, 0.4) is 0 Å². The predicted molar refractivity (Wildman–Crippen MR) is 67.3 cm³/mol. The van der Waals surface area contributed by atoms with E-state index in [1.165, 1.54) is 11.1 Å². The molecule has 0 aliphatic heterocycles. The third-order valence-corrected chi connectivity index (χ3v) is 2.78. The Morgan fingerprint density at radius 3 is 2.75 bits per heavy atom. The molecule has 0 bridgehead atoms. The Kier molecular flexibility index (Phi) is 4.52. The molecule has 0 aliphatic carbocycles. The lowest BCUT2D eigenvalue weighted by molar-refractivity contribution is 0.473. The molecule has 0 aliphatic rings. The number of hydrogen-bond acceptors (Lipinski definition) is 2. The zero-order valence-electron chi connectivity index (χ0n) is 10.4. The summed E-state index contributed by atoms with van der Waals surface area (Å²) in [5.41, 5.74) is 2.75. The van der Waals surface area contributed by atoms with Crippen LogP contribution in [0.25, 0.3) is 0 Å². The molecule has 0 spiro atoms. The van der Waals surface area contributed by atoms with E-state index in [9.17, 15) is 0 Å². The topological polar surface area (TPSA) is 35.8 Å². The fraction of sp³-hybridized carbons (Fsp3) is 0.500. The van der Waals surface area contributed by atoms with Crippen LogP contribution < -0.4 is 5.32 Å². The molecule has 1 aromatic rings. The Hall–Kier alpha value is -1.33. The molecular weight excluding hydrogens is 196 g/mol. The summed E-state index contributed by atoms with van der Waals surface area (Å²) in [6.45, 7) is 8.23. The molecule has 1 N–H and O–H groups in total. The van der Waals surface area contributed by atoms with Crippen molar-refractivity contribution in [3.8, 4) is 6.07 Å². The van der Waals surface area contributed by atoms with E-state index in [2.05, 4.69) is 56.4 Å². The van der Waals surface area contributed by atoms with Crippen LogP contribution >= 0.6 is 0 Å². The van der Waals surface area contributed by atoms with Crippen LogP contribution in [0.2, 0.25) is 0 Å². The molecule has 0 aromatic heterocycles. The molecule has 0 fully saturated rings. The number of nitrogens with one attached hydrogen (secondary N) is 1. The molecule has 86 valence electrons. The summed E-state index contributed by atoms with van der Waals surface area (Å²) >= 11 is 0. The van der Waals surface area contributed by atoms with Gasteiger partial charge in [0.05, 0.1) is 6.07 Å². The highest BCUT2D eigenvalue weighted by molar-refractivity contribution is 5.28. The molecule has 0 saturated carbocycles. The summed E-state index contributed by atoms with van der Waals surface area (Å²) in [6, 6.07) is 10.7. The second-order valence-electron chi connectivity index (χ2n) is 4.84. The first-order chi connectivity index (χ1) is 7.56. The van der Waals surface area contributed by atoms with Crippen LogP contribution in [0.5, 0.6) is 0 Å². The van der Waals surface area contributed by atoms with Gasteiger partial charge in [0.25, 0.3) is 0 Å². The van der Waals surface area contributed by atoms with Gasteiger partial charge >= 0.3 is 0 Å². The first kappa shape index (κ1) is 12.7. The van der Waals surface area contributed by atoms with Crippen molar-refractivity contribution in [2.24, 2.45) is 0 Å². The largest absolute Gasteiger partial charge is 0.315 e. The summed E-state index contributed by atoms with van der Waals surface area (Å²) in [7, 11) is 0. The zero-order valence-corrected chi connectivity index (χ0v) is 10.4. The Balaban J connectivity index is 2.60. The van der Waals surface area contributed by atoms with Crippen LogP contribution in [0, 0.1) is 18.3 Å². The van der Waals surface area contributed by atoms with Crippen LogP contribution in [0.1, 0.15) is 31.4 Å². The lowest BCUT2D eigenvalue weighted by Crippen LogP contribution is -2.33. The highest BCUT2D eigenvalue weighted by Gasteiger charge is 2.19. The summed E-state index contributed by atoms with van der Waals surface area (Å²) in [6.07, 6.45) is 0.573. The van der Waals surface area contributed by atoms with Crippen LogP contribution in [-0.2, 0) is 5.41 Å². The highest BCUT2D eigenvalue weighted by atomic mass is 14.9. The molecule has 2 heteroatoms. The summed E-state index contributed by atoms with van der Waals surface area (Å²) < 4.78 is 0. The third kappa shape index (κ3) is 3.67. The van der Waals surface area contributed by atoms with E-state index >= 15 is 0 Å². The third-order valence-electron chi connectivity index (χ3n) is 2.78. The molecule has 0 radical (unpaired) electrons. The van der Waals surface area contributed by atoms with Crippen molar-refractivity contribution in [3.63, 3.8) is 0 Å². The van der Waals surface area contributed by atoms with E-state index in [1.807, 2.05) is 0 Å². The molecule has 1 aromatic carbocycles. The second-order valence-corrected chi connectivity index (χ2v) is 4.84. The highest BCUT2D eigenvalue weighted by Crippen LogP contribution is 2.22. The van der Waals surface area contributed by atoms with Gasteiger partial charge in [0.1, 0.15) is 0 Å². The van der Waals surface area contributed by atoms with E-state index in [4.69, 9.17) is 5.26 Å². The normalized spacial score (nSPS) is 11.1. The summed E-state index contributed by atoms with van der Waals surface area (Å²) in [5, 5.41) is 11.8. The SMILES string of the molecule is Cc1cccc(C(C)(C)CNCCC#N)c1. The fourth-order valence-electron chi connectivity index (χ4n) is 1.71. The minimum atomic E-state index is 0.113. The van der Waals surface area contributed by atoms with Crippen molar-refractivity contribution in [3.05, 3.63) is 35.4 Å². The quantitative estimate of drug-likeness (QED) is 0.768. The Morgan fingerprint density at radius 1 is 1.38 bits per heavy atom. The summed E-state index contributed by atoms with van der Waals surface area (Å²) in [4.78, 5) is 0. The number of nitriles is 1. The summed E-state index contributed by atoms with van der Waals surface area (Å²) in [5.74, 6) is 0. The number of rotatable bonds is 5. The van der Waals surface area contributed by atoms with E-state index in [0.29, 0.717) is 6.42 Å². The van der Waals surface area contributed by atoms with Crippen molar-refractivity contribution in [2.45, 2.75) is 32.6 Å². The molecule has 0 unspecified atom stereocenters. The van der Waals surface area contributed by atoms with Gasteiger partial charge in [-0.15, -0.1) is 0 Å². The second kappa shape index (κ2) is 5.67. The van der Waals surface area contributed by atoms with Gasteiger partial charge in [-0.2, -0.15) is 5.26 Å². The van der Waals surface area contributed by atoms with E-state index in [1.54, 1.807) is 0 Å². The molecule has 0 amide bonds. The van der Waals surface area contributed by atoms with E-state index < -0.39 is 0 Å². The van der Waals surface area contributed by atoms with E-state index in [0.717, 1.165) is 13.1 Å². The van der Waals surface area contributed by atoms with Gasteiger partial charge in [0, 0.05) is 24.9 Å². The van der Waals surface area contributed by atoms with Gasteiger partial charge in [-0.25, -0.2) is 0 Å². The molecule has 0 saturated heterocycles. The number of benzene rings is 1. The van der Waals surface area contributed by atoms with Crippen molar-refractivity contribution in [2.75, 3.05) is 13.1 Å². The van der Waals surface area contributed by atoms with Gasteiger partial charge in [-0.05, 0) is 12.5 Å². The van der Waals surface area contributed by atoms with Crippen LogP contribution in [0.4, 0.5) is 0 Å². The lowest BCUT2D eigenvalue weighted by atomic mass is 9.84. The fourth-order valence-corrected chi connectivity index (χ4v) is 1.71. The van der Waals surface area contributed by atoms with Gasteiger partial charge < -0.3 is 5.32 Å². The molecular formula is C14H20N2. The maximum atomic E-state index is 8.46. The molecule has 16 heavy (non-hydrogen) atoms. The average molecular weight is 216 g/mol. The zero-order chi connectivity index (χ0) is 12.0. The number of nitrogens with zero attached hydrogens (tertiary/aromatic N) is 1. The Bertz CT molecular complexity index is 375. The average Bonchev–Trinajstić information content (AvgIpc) is 2.24. The smallest absolute Gasteiger partial charge is 0.0635 e. The van der Waals surface area contributed by atoms with Gasteiger partial charge in [-0.1, -0.05) is 43.7 Å². The molecule has 0 heterocycles. The standard InChI is InChI=1S/C14H20N2/c1-12-6-4-7-13(10-12)14(2,3)11-16-9-5-8-15/h4,6-7,10,16H,5,9,11H2,1-3H3. The van der Waals surface area contributed by atoms with Crippen molar-refractivity contribution < 1.29 is 0 Å². The number of hydrogen-bond donors (Lipinski definition) is 1. The van der Waals surface area contributed by atoms with Crippen molar-refractivity contribution in [1.29, 1.82) is 5.26 Å². The minimum Gasteiger partial charge on any atom is -0.315 e. The molecule has 1 rings (SSSR count). The van der Waals surface area contributed by atoms with Gasteiger partial charge in [0.15, 0.2) is 0 Å². The van der Waals surface area contributed by atoms with Gasteiger partial charge in [-0.3, -0.25) is 0 Å². The van der Waals surface area contributed by atoms with Crippen LogP contribution in [0.15, 0.2) is 24.3 Å². The van der Waals surface area contributed by atoms with Crippen molar-refractivity contribution in [1.82, 2.24) is 5.32 Å². The van der Waals surface area contributed by atoms with Crippen LogP contribution in [-0.4, -0.2) is 13.1 Å². The maximum absolute atomic E-state index is 8.46. The molecule has 0 atom stereocenters. The first-order valence-electron chi connectivity index (χ1n) is 5.71. The maximum Gasteiger partial charge on any atom is 0.0635 e. The number of aryl methyl sites for hydroxylation is 1. The van der Waals surface area contributed by atoms with E-state index in [-0.39, 0.29) is 5.41 Å². The minimum absolute atomic E-state index is 0.113. The first-order valence-corrected chi connectivity index (χ1v) is 5.71. The van der Waals surface area contributed by atoms with Crippen molar-refractivity contribution >= 4 is 0 Å². The lowest BCUT2D eigenvalue weighted by Gasteiger charge is -2.26. The van der Waals surface area contributed by atoms with Gasteiger partial charge in [0.2, 0.25) is 0 Å². The predicted octanol–water partition coefficient (Wildman–Crippen LogP) is 2.78. The Labute approximate surface area is 98.3 Å². The monoisotopic (exact) mass is 216 g/mol. The molecule has 2 nitrogen and oxygen atoms in total. The Morgan fingerprint density at radius 2 is 2.12 bits per heavy atom.